The van der Waals surface area contributed by atoms with Crippen LogP contribution in [0.2, 0.25) is 0 Å². The molecule has 22 heavy (non-hydrogen) atoms. The van der Waals surface area contributed by atoms with Gasteiger partial charge in [-0.1, -0.05) is 54.2 Å². The van der Waals surface area contributed by atoms with Gasteiger partial charge in [0.1, 0.15) is 0 Å². The number of aliphatic hydroxyl groups is 1. The van der Waals surface area contributed by atoms with Crippen LogP contribution in [0.5, 0.6) is 0 Å². The van der Waals surface area contributed by atoms with Crippen molar-refractivity contribution >= 4 is 17.7 Å². The van der Waals surface area contributed by atoms with Crippen molar-refractivity contribution in [2.24, 2.45) is 0 Å². The van der Waals surface area contributed by atoms with Crippen molar-refractivity contribution in [1.29, 1.82) is 0 Å². The van der Waals surface area contributed by atoms with E-state index in [0.29, 0.717) is 12.1 Å². The van der Waals surface area contributed by atoms with Gasteiger partial charge in [0.15, 0.2) is 4.93 Å². The van der Waals surface area contributed by atoms with Crippen LogP contribution in [-0.4, -0.2) is 28.5 Å². The molecule has 0 radical (unpaired) electrons. The van der Waals surface area contributed by atoms with E-state index in [1.165, 1.54) is 11.8 Å². The molecule has 4 rings (SSSR count). The zero-order valence-corrected chi connectivity index (χ0v) is 12.9. The lowest BCUT2D eigenvalue weighted by atomic mass is 9.99. The third-order valence-corrected chi connectivity index (χ3v) is 5.93. The fourth-order valence-electron chi connectivity index (χ4n) is 3.47. The quantitative estimate of drug-likeness (QED) is 0.879. The van der Waals surface area contributed by atoms with E-state index in [1.807, 2.05) is 59.5 Å². The first-order valence-corrected chi connectivity index (χ1v) is 8.39. The minimum absolute atomic E-state index is 0.0393. The average molecular weight is 311 g/mol. The molecule has 112 valence electrons. The maximum absolute atomic E-state index is 12.8. The van der Waals surface area contributed by atoms with Crippen molar-refractivity contribution in [1.82, 2.24) is 4.90 Å². The summed E-state index contributed by atoms with van der Waals surface area (Å²) in [5.74, 6) is 0.0393. The third-order valence-electron chi connectivity index (χ3n) is 4.54. The van der Waals surface area contributed by atoms with Gasteiger partial charge >= 0.3 is 0 Å². The molecule has 1 N–H and O–H groups in total. The number of hydrogen-bond acceptors (Lipinski definition) is 3. The van der Waals surface area contributed by atoms with E-state index in [-0.39, 0.29) is 11.9 Å². The van der Waals surface area contributed by atoms with Crippen molar-refractivity contribution in [3.05, 3.63) is 65.7 Å². The first-order valence-electron chi connectivity index (χ1n) is 7.57. The largest absolute Gasteiger partial charge is 0.373 e. The predicted molar refractivity (Wildman–Crippen MR) is 86.7 cm³/mol. The number of thioether (sulfide) groups is 1. The van der Waals surface area contributed by atoms with Crippen LogP contribution in [0.3, 0.4) is 0 Å². The Bertz CT molecular complexity index is 718. The number of rotatable bonds is 1. The Kier molecular flexibility index (Phi) is 3.24. The molecule has 0 saturated carbocycles. The van der Waals surface area contributed by atoms with E-state index < -0.39 is 4.93 Å². The minimum Gasteiger partial charge on any atom is -0.373 e. The average Bonchev–Trinajstić information content (AvgIpc) is 3.03. The molecule has 1 unspecified atom stereocenters. The molecule has 1 saturated heterocycles. The number of carbonyl (C=O) groups is 1. The highest BCUT2D eigenvalue weighted by atomic mass is 32.2. The third kappa shape index (κ3) is 1.98. The highest BCUT2D eigenvalue weighted by Crippen LogP contribution is 2.50. The fraction of sp³-hybridized carbons (Fsp3) is 0.278. The molecule has 2 aliphatic rings. The summed E-state index contributed by atoms with van der Waals surface area (Å²) in [5.41, 5.74) is 1.56. The van der Waals surface area contributed by atoms with Gasteiger partial charge in [-0.3, -0.25) is 4.79 Å². The Morgan fingerprint density at radius 3 is 2.64 bits per heavy atom. The van der Waals surface area contributed by atoms with E-state index in [0.717, 1.165) is 23.3 Å². The summed E-state index contributed by atoms with van der Waals surface area (Å²) < 4.78 is 0. The van der Waals surface area contributed by atoms with Gasteiger partial charge in [0.25, 0.3) is 5.91 Å². The molecular weight excluding hydrogens is 294 g/mol. The summed E-state index contributed by atoms with van der Waals surface area (Å²) >= 11 is 1.41. The van der Waals surface area contributed by atoms with E-state index in [1.54, 1.807) is 0 Å². The van der Waals surface area contributed by atoms with E-state index in [9.17, 15) is 9.90 Å². The summed E-state index contributed by atoms with van der Waals surface area (Å²) in [6.45, 7) is 0.716. The normalized spacial score (nSPS) is 27.2. The van der Waals surface area contributed by atoms with E-state index in [4.69, 9.17) is 0 Å². The van der Waals surface area contributed by atoms with Gasteiger partial charge in [0, 0.05) is 11.4 Å². The fourth-order valence-corrected chi connectivity index (χ4v) is 4.85. The maximum Gasteiger partial charge on any atom is 0.255 e. The Balaban J connectivity index is 1.90. The lowest BCUT2D eigenvalue weighted by Crippen LogP contribution is -2.46. The SMILES string of the molecule is O=C1c2ccccc2S[C@@](O)(c2ccccc2)C2CCCN12. The van der Waals surface area contributed by atoms with Crippen molar-refractivity contribution < 1.29 is 9.90 Å². The molecule has 1 fully saturated rings. The second kappa shape index (κ2) is 5.14. The second-order valence-corrected chi connectivity index (χ2v) is 7.08. The van der Waals surface area contributed by atoms with E-state index in [2.05, 4.69) is 0 Å². The molecule has 0 aliphatic carbocycles. The Hall–Kier alpha value is -1.78. The molecule has 0 spiro atoms. The van der Waals surface area contributed by atoms with Gasteiger partial charge in [-0.25, -0.2) is 0 Å². The summed E-state index contributed by atoms with van der Waals surface area (Å²) in [5, 5.41) is 11.5. The smallest absolute Gasteiger partial charge is 0.255 e. The first-order chi connectivity index (χ1) is 10.7. The molecular formula is C18H17NO2S. The van der Waals surface area contributed by atoms with Gasteiger partial charge < -0.3 is 10.0 Å². The minimum atomic E-state index is -1.10. The Morgan fingerprint density at radius 1 is 1.09 bits per heavy atom. The molecule has 1 amide bonds. The number of hydrogen-bond donors (Lipinski definition) is 1. The molecule has 2 atom stereocenters. The van der Waals surface area contributed by atoms with Crippen LogP contribution in [0, 0.1) is 0 Å². The van der Waals surface area contributed by atoms with Crippen LogP contribution >= 0.6 is 11.8 Å². The summed E-state index contributed by atoms with van der Waals surface area (Å²) in [7, 11) is 0. The van der Waals surface area contributed by atoms with Crippen LogP contribution in [0.25, 0.3) is 0 Å². The summed E-state index contributed by atoms with van der Waals surface area (Å²) in [4.78, 5) is 14.4. The van der Waals surface area contributed by atoms with Crippen LogP contribution in [-0.2, 0) is 4.93 Å². The van der Waals surface area contributed by atoms with Crippen LogP contribution in [0.4, 0.5) is 0 Å². The lowest BCUT2D eigenvalue weighted by molar-refractivity contribution is 0.0342. The van der Waals surface area contributed by atoms with Crippen molar-refractivity contribution in [3.63, 3.8) is 0 Å². The Morgan fingerprint density at radius 2 is 1.82 bits per heavy atom. The molecule has 0 bridgehead atoms. The lowest BCUT2D eigenvalue weighted by Gasteiger charge is -2.36. The van der Waals surface area contributed by atoms with Crippen molar-refractivity contribution in [2.45, 2.75) is 28.7 Å². The van der Waals surface area contributed by atoms with E-state index >= 15 is 0 Å². The van der Waals surface area contributed by atoms with Gasteiger partial charge in [-0.15, -0.1) is 0 Å². The number of amides is 1. The highest BCUT2D eigenvalue weighted by Gasteiger charge is 2.49. The zero-order chi connectivity index (χ0) is 15.2. The zero-order valence-electron chi connectivity index (χ0n) is 12.1. The molecule has 4 heteroatoms. The van der Waals surface area contributed by atoms with Gasteiger partial charge in [0.2, 0.25) is 0 Å². The standard InChI is InChI=1S/C18H17NO2S/c20-17-14-9-4-5-10-15(14)22-18(21,13-7-2-1-3-8-13)16-11-6-12-19(16)17/h1-5,7-10,16,21H,6,11-12H2/t16?,18-/m0/s1. The van der Waals surface area contributed by atoms with Crippen molar-refractivity contribution in [3.8, 4) is 0 Å². The molecule has 2 aromatic carbocycles. The number of nitrogens with zero attached hydrogens (tertiary/aromatic N) is 1. The topological polar surface area (TPSA) is 40.5 Å². The summed E-state index contributed by atoms with van der Waals surface area (Å²) in [6, 6.07) is 17.1. The molecule has 0 aromatic heterocycles. The van der Waals surface area contributed by atoms with Crippen LogP contribution < -0.4 is 0 Å². The van der Waals surface area contributed by atoms with Gasteiger partial charge in [0.05, 0.1) is 11.6 Å². The van der Waals surface area contributed by atoms with Crippen LogP contribution in [0.1, 0.15) is 28.8 Å². The molecule has 2 heterocycles. The number of carbonyl (C=O) groups excluding carboxylic acids is 1. The monoisotopic (exact) mass is 311 g/mol. The van der Waals surface area contributed by atoms with Crippen LogP contribution in [0.15, 0.2) is 59.5 Å². The Labute approximate surface area is 134 Å². The maximum atomic E-state index is 12.8. The summed E-state index contributed by atoms with van der Waals surface area (Å²) in [6.07, 6.45) is 1.77. The molecule has 2 aliphatic heterocycles. The van der Waals surface area contributed by atoms with Gasteiger partial charge in [-0.05, 0) is 30.5 Å². The van der Waals surface area contributed by atoms with Crippen molar-refractivity contribution in [2.75, 3.05) is 6.54 Å². The predicted octanol–water partition coefficient (Wildman–Crippen LogP) is 3.24. The van der Waals surface area contributed by atoms with Gasteiger partial charge in [-0.2, -0.15) is 0 Å². The number of fused-ring (bicyclic) bond motifs is 2. The molecule has 2 aromatic rings. The first kappa shape index (κ1) is 13.9. The highest BCUT2D eigenvalue weighted by molar-refractivity contribution is 8.00. The number of benzene rings is 2. The molecule has 3 nitrogen and oxygen atoms in total. The second-order valence-electron chi connectivity index (χ2n) is 5.82.